The van der Waals surface area contributed by atoms with Gasteiger partial charge in [0.2, 0.25) is 0 Å². The van der Waals surface area contributed by atoms with E-state index in [1.807, 2.05) is 0 Å². The number of anilines is 1. The van der Waals surface area contributed by atoms with Crippen LogP contribution < -0.4 is 4.90 Å². The maximum Gasteiger partial charge on any atom is 0.136 e. The quantitative estimate of drug-likeness (QED) is 0.166. The van der Waals surface area contributed by atoms with Crippen LogP contribution in [0.5, 0.6) is 0 Å². The van der Waals surface area contributed by atoms with E-state index in [0.717, 1.165) is 28.5 Å². The molecule has 278 valence electrons. The number of amidine groups is 1. The first-order valence-corrected chi connectivity index (χ1v) is 20.4. The molecule has 10 aromatic rings. The molecule has 0 spiro atoms. The molecule has 1 aliphatic carbocycles. The highest BCUT2D eigenvalue weighted by Gasteiger charge is 2.35. The summed E-state index contributed by atoms with van der Waals surface area (Å²) in [5, 5.41) is 4.90. The van der Waals surface area contributed by atoms with Crippen LogP contribution in [0.2, 0.25) is 0 Å². The molecule has 2 unspecified atom stereocenters. The fourth-order valence-electron chi connectivity index (χ4n) is 9.48. The van der Waals surface area contributed by atoms with Crippen molar-refractivity contribution < 1.29 is 0 Å². The second-order valence-electron chi connectivity index (χ2n) is 15.5. The van der Waals surface area contributed by atoms with Gasteiger partial charge in [0.1, 0.15) is 5.84 Å². The van der Waals surface area contributed by atoms with E-state index in [4.69, 9.17) is 4.99 Å². The lowest BCUT2D eigenvalue weighted by atomic mass is 10.0. The summed E-state index contributed by atoms with van der Waals surface area (Å²) in [5.41, 5.74) is 14.0. The summed E-state index contributed by atoms with van der Waals surface area (Å²) in [6.45, 7) is 0. The monoisotopic (exact) mass is 754 g/mol. The molecule has 59 heavy (non-hydrogen) atoms. The van der Waals surface area contributed by atoms with Crippen molar-refractivity contribution in [3.05, 3.63) is 224 Å². The number of hydrogen-bond donors (Lipinski definition) is 0. The number of aromatic nitrogens is 2. The average Bonchev–Trinajstić information content (AvgIpc) is 3.98. The lowest BCUT2D eigenvalue weighted by Gasteiger charge is -2.29. The first kappa shape index (κ1) is 33.4. The molecule has 0 saturated carbocycles. The van der Waals surface area contributed by atoms with Gasteiger partial charge in [-0.1, -0.05) is 158 Å². The van der Waals surface area contributed by atoms with Crippen LogP contribution in [0.1, 0.15) is 5.56 Å². The summed E-state index contributed by atoms with van der Waals surface area (Å²) in [6.07, 6.45) is 8.75. The van der Waals surface area contributed by atoms with Crippen LogP contribution in [-0.2, 0) is 0 Å². The molecule has 0 radical (unpaired) electrons. The minimum absolute atomic E-state index is 0.0709. The predicted molar refractivity (Wildman–Crippen MR) is 247 cm³/mol. The smallest absolute Gasteiger partial charge is 0.136 e. The zero-order valence-electron chi connectivity index (χ0n) is 32.2. The van der Waals surface area contributed by atoms with Gasteiger partial charge >= 0.3 is 0 Å². The minimum atomic E-state index is 0.0709. The maximum absolute atomic E-state index is 5.24. The van der Waals surface area contributed by atoms with Gasteiger partial charge in [0.05, 0.1) is 34.2 Å². The van der Waals surface area contributed by atoms with E-state index >= 15 is 0 Å². The molecule has 2 aliphatic rings. The molecular formula is C55H38N4. The van der Waals surface area contributed by atoms with Gasteiger partial charge in [-0.15, -0.1) is 0 Å². The summed E-state index contributed by atoms with van der Waals surface area (Å²) < 4.78 is 4.96. The van der Waals surface area contributed by atoms with E-state index in [9.17, 15) is 0 Å². The Bertz CT molecular complexity index is 3300. The zero-order valence-corrected chi connectivity index (χ0v) is 32.2. The van der Waals surface area contributed by atoms with Crippen LogP contribution >= 0.6 is 0 Å². The Kier molecular flexibility index (Phi) is 7.63. The fraction of sp³-hybridized carbons (Fsp3) is 0.0364. The van der Waals surface area contributed by atoms with E-state index in [0.29, 0.717) is 0 Å². The molecular weight excluding hydrogens is 717 g/mol. The number of hydrogen-bond acceptors (Lipinski definition) is 2. The van der Waals surface area contributed by atoms with Gasteiger partial charge in [-0.05, 0) is 82.9 Å². The van der Waals surface area contributed by atoms with Crippen LogP contribution in [0, 0.1) is 0 Å². The second kappa shape index (κ2) is 13.5. The van der Waals surface area contributed by atoms with E-state index in [2.05, 4.69) is 232 Å². The van der Waals surface area contributed by atoms with Crippen molar-refractivity contribution in [3.63, 3.8) is 0 Å². The van der Waals surface area contributed by atoms with Crippen LogP contribution in [0.15, 0.2) is 223 Å². The third kappa shape index (κ3) is 5.34. The van der Waals surface area contributed by atoms with E-state index < -0.39 is 0 Å². The van der Waals surface area contributed by atoms with Gasteiger partial charge in [-0.25, -0.2) is 0 Å². The number of nitrogens with zero attached hydrogens (tertiary/aromatic N) is 4. The number of rotatable bonds is 6. The number of aliphatic imine (C=N–C) groups is 1. The highest BCUT2D eigenvalue weighted by Crippen LogP contribution is 2.44. The van der Waals surface area contributed by atoms with Crippen molar-refractivity contribution >= 4 is 55.1 Å². The van der Waals surface area contributed by atoms with Crippen LogP contribution in [0.3, 0.4) is 0 Å². The van der Waals surface area contributed by atoms with Gasteiger partial charge in [0.15, 0.2) is 0 Å². The fourth-order valence-corrected chi connectivity index (χ4v) is 9.48. The molecule has 0 bridgehead atoms. The molecule has 0 N–H and O–H groups in total. The van der Waals surface area contributed by atoms with Crippen molar-refractivity contribution in [1.82, 2.24) is 9.13 Å². The number of para-hydroxylation sites is 1. The maximum atomic E-state index is 5.24. The Morgan fingerprint density at radius 3 is 1.36 bits per heavy atom. The number of allylic oxidation sites excluding steroid dienone is 2. The summed E-state index contributed by atoms with van der Waals surface area (Å²) in [7, 11) is 0. The van der Waals surface area contributed by atoms with Crippen molar-refractivity contribution in [3.8, 4) is 33.6 Å². The normalized spacial score (nSPS) is 16.1. The summed E-state index contributed by atoms with van der Waals surface area (Å²) in [4.78, 5) is 7.64. The van der Waals surface area contributed by atoms with Crippen LogP contribution in [0.25, 0.3) is 77.2 Å². The number of benzene rings is 8. The molecule has 2 aromatic heterocycles. The van der Waals surface area contributed by atoms with Gasteiger partial charge in [0.25, 0.3) is 0 Å². The second-order valence-corrected chi connectivity index (χ2v) is 15.5. The first-order chi connectivity index (χ1) is 29.3. The lowest BCUT2D eigenvalue weighted by molar-refractivity contribution is 0.739. The predicted octanol–water partition coefficient (Wildman–Crippen LogP) is 13.3. The van der Waals surface area contributed by atoms with E-state index in [-0.39, 0.29) is 12.1 Å². The van der Waals surface area contributed by atoms with Gasteiger partial charge in [0, 0.05) is 44.2 Å². The van der Waals surface area contributed by atoms with E-state index in [1.54, 1.807) is 0 Å². The topological polar surface area (TPSA) is 25.5 Å². The molecule has 8 aromatic carbocycles. The standard InChI is InChI=1S/C55H38N4/c1-5-15-37(16-6-1)40-25-33-50-47(35-40)45-31-32-46-48-36-41(38-17-7-2-8-18-38)26-34-51(48)58(54(46)53(45)57(50)42-21-11-4-12-22-42)43-27-29-44(30-28-43)59-52-24-14-13-23-49(52)56-55(59)39-19-9-3-10-20-39/h1-36,49,52H. The third-order valence-electron chi connectivity index (χ3n) is 12.2. The first-order valence-electron chi connectivity index (χ1n) is 20.4. The molecule has 4 nitrogen and oxygen atoms in total. The molecule has 0 saturated heterocycles. The van der Waals surface area contributed by atoms with E-state index in [1.165, 1.54) is 65.9 Å². The Morgan fingerprint density at radius 1 is 0.356 bits per heavy atom. The van der Waals surface area contributed by atoms with Gasteiger partial charge in [-0.2, -0.15) is 0 Å². The molecule has 2 atom stereocenters. The minimum Gasteiger partial charge on any atom is -0.317 e. The Balaban J connectivity index is 1.12. The Labute approximate surface area is 342 Å². The van der Waals surface area contributed by atoms with Crippen molar-refractivity contribution in [1.29, 1.82) is 0 Å². The summed E-state index contributed by atoms with van der Waals surface area (Å²) in [6, 6.07) is 70.7. The van der Waals surface area contributed by atoms with Crippen LogP contribution in [0.4, 0.5) is 5.69 Å². The molecule has 4 heteroatoms. The molecule has 1 aliphatic heterocycles. The Hall–Kier alpha value is -7.69. The van der Waals surface area contributed by atoms with Crippen molar-refractivity contribution in [2.45, 2.75) is 12.1 Å². The van der Waals surface area contributed by atoms with Crippen LogP contribution in [-0.4, -0.2) is 27.1 Å². The van der Waals surface area contributed by atoms with Crippen molar-refractivity contribution in [2.75, 3.05) is 4.90 Å². The van der Waals surface area contributed by atoms with Gasteiger partial charge in [-0.3, -0.25) is 4.99 Å². The molecule has 3 heterocycles. The highest BCUT2D eigenvalue weighted by atomic mass is 15.3. The Morgan fingerprint density at radius 2 is 0.814 bits per heavy atom. The zero-order chi connectivity index (χ0) is 38.9. The third-order valence-corrected chi connectivity index (χ3v) is 12.2. The molecule has 12 rings (SSSR count). The number of fused-ring (bicyclic) bond motifs is 8. The molecule has 0 amide bonds. The van der Waals surface area contributed by atoms with Gasteiger partial charge < -0.3 is 14.0 Å². The SMILES string of the molecule is C1=CC2N=C(c3ccccc3)N(c3ccc(-n4c5ccc(-c6ccccc6)cc5c5ccc6c7cc(-c8ccccc8)ccc7n(-c7ccccc7)c6c54)cc3)C2C=C1. The molecule has 0 fully saturated rings. The van der Waals surface area contributed by atoms with Crippen molar-refractivity contribution in [2.24, 2.45) is 4.99 Å². The highest BCUT2D eigenvalue weighted by molar-refractivity contribution is 6.24. The lowest BCUT2D eigenvalue weighted by Crippen LogP contribution is -2.39. The average molecular weight is 755 g/mol. The largest absolute Gasteiger partial charge is 0.317 e. The summed E-state index contributed by atoms with van der Waals surface area (Å²) >= 11 is 0. The summed E-state index contributed by atoms with van der Waals surface area (Å²) in [5.74, 6) is 0.999.